The van der Waals surface area contributed by atoms with Crippen molar-refractivity contribution in [3.63, 3.8) is 0 Å². The van der Waals surface area contributed by atoms with Crippen LogP contribution >= 0.6 is 0 Å². The fraction of sp³-hybridized carbons (Fsp3) is 0.615. The average Bonchev–Trinajstić information content (AvgIpc) is 2.67. The Bertz CT molecular complexity index is 344. The third-order valence-electron chi connectivity index (χ3n) is 4.28. The molecule has 2 aliphatic carbocycles. The Labute approximate surface area is 90.9 Å². The molecule has 2 heteroatoms. The summed E-state index contributed by atoms with van der Waals surface area (Å²) in [4.78, 5) is 4.17. The molecule has 1 spiro atoms. The summed E-state index contributed by atoms with van der Waals surface area (Å²) < 4.78 is 0. The Balaban J connectivity index is 1.79. The number of aromatic nitrogens is 1. The minimum absolute atomic E-state index is 0.0708. The summed E-state index contributed by atoms with van der Waals surface area (Å²) >= 11 is 0. The van der Waals surface area contributed by atoms with Gasteiger partial charge in [-0.25, -0.2) is 0 Å². The topological polar surface area (TPSA) is 38.9 Å². The van der Waals surface area contributed by atoms with E-state index in [1.54, 1.807) is 0 Å². The molecule has 0 radical (unpaired) electrons. The minimum Gasteiger partial charge on any atom is -0.321 e. The summed E-state index contributed by atoms with van der Waals surface area (Å²) in [6.45, 7) is 0. The molecule has 0 aromatic carbocycles. The second kappa shape index (κ2) is 3.05. The lowest BCUT2D eigenvalue weighted by atomic mass is 9.55. The standard InChI is InChI=1S/C13H18N2/c14-13(11-4-3-7-15-8-11)9-12(10-13)5-1-2-6-12/h3-4,7-8H,1-2,5-6,9-10,14H2. The first-order valence-electron chi connectivity index (χ1n) is 5.92. The van der Waals surface area contributed by atoms with Gasteiger partial charge in [-0.05, 0) is 42.7 Å². The first kappa shape index (κ1) is 9.34. The largest absolute Gasteiger partial charge is 0.321 e. The molecule has 15 heavy (non-hydrogen) atoms. The van der Waals surface area contributed by atoms with E-state index in [9.17, 15) is 0 Å². The smallest absolute Gasteiger partial charge is 0.0435 e. The van der Waals surface area contributed by atoms with E-state index in [1.807, 2.05) is 18.5 Å². The van der Waals surface area contributed by atoms with Crippen molar-refractivity contribution in [3.05, 3.63) is 30.1 Å². The van der Waals surface area contributed by atoms with Gasteiger partial charge in [0, 0.05) is 17.9 Å². The second-order valence-electron chi connectivity index (χ2n) is 5.46. The third-order valence-corrected chi connectivity index (χ3v) is 4.28. The summed E-state index contributed by atoms with van der Waals surface area (Å²) in [6.07, 6.45) is 11.7. The number of nitrogens with zero attached hydrogens (tertiary/aromatic N) is 1. The summed E-state index contributed by atoms with van der Waals surface area (Å²) in [5, 5.41) is 0. The van der Waals surface area contributed by atoms with Crippen LogP contribution in [0.1, 0.15) is 44.1 Å². The van der Waals surface area contributed by atoms with Gasteiger partial charge in [-0.1, -0.05) is 18.9 Å². The zero-order valence-electron chi connectivity index (χ0n) is 9.08. The summed E-state index contributed by atoms with van der Waals surface area (Å²) in [7, 11) is 0. The molecule has 0 aliphatic heterocycles. The van der Waals surface area contributed by atoms with Gasteiger partial charge in [0.15, 0.2) is 0 Å². The fourth-order valence-electron chi connectivity index (χ4n) is 3.63. The van der Waals surface area contributed by atoms with E-state index in [2.05, 4.69) is 11.1 Å². The summed E-state index contributed by atoms with van der Waals surface area (Å²) in [5.74, 6) is 0. The molecular formula is C13H18N2. The van der Waals surface area contributed by atoms with Crippen molar-refractivity contribution in [2.24, 2.45) is 11.1 Å². The zero-order chi connectivity index (χ0) is 10.4. The van der Waals surface area contributed by atoms with Crippen LogP contribution in [0.15, 0.2) is 24.5 Å². The first-order chi connectivity index (χ1) is 7.23. The maximum absolute atomic E-state index is 6.44. The molecule has 0 bridgehead atoms. The molecule has 1 heterocycles. The van der Waals surface area contributed by atoms with Crippen molar-refractivity contribution < 1.29 is 0 Å². The highest BCUT2D eigenvalue weighted by atomic mass is 14.8. The van der Waals surface area contributed by atoms with Gasteiger partial charge in [0.05, 0.1) is 0 Å². The molecule has 2 saturated carbocycles. The molecule has 2 aliphatic rings. The van der Waals surface area contributed by atoms with Gasteiger partial charge < -0.3 is 5.73 Å². The lowest BCUT2D eigenvalue weighted by Gasteiger charge is -2.53. The number of hydrogen-bond donors (Lipinski definition) is 1. The Kier molecular flexibility index (Phi) is 1.90. The summed E-state index contributed by atoms with van der Waals surface area (Å²) in [6, 6.07) is 4.11. The van der Waals surface area contributed by atoms with E-state index in [1.165, 1.54) is 44.1 Å². The molecule has 0 saturated heterocycles. The molecule has 2 N–H and O–H groups in total. The van der Waals surface area contributed by atoms with Crippen LogP contribution in [0.2, 0.25) is 0 Å². The highest BCUT2D eigenvalue weighted by Gasteiger charge is 2.53. The first-order valence-corrected chi connectivity index (χ1v) is 5.92. The quantitative estimate of drug-likeness (QED) is 0.760. The minimum atomic E-state index is -0.0708. The summed E-state index contributed by atoms with van der Waals surface area (Å²) in [5.41, 5.74) is 8.19. The van der Waals surface area contributed by atoms with Crippen molar-refractivity contribution in [2.75, 3.05) is 0 Å². The molecule has 3 rings (SSSR count). The van der Waals surface area contributed by atoms with Gasteiger partial charge >= 0.3 is 0 Å². The van der Waals surface area contributed by atoms with E-state index in [0.717, 1.165) is 0 Å². The van der Waals surface area contributed by atoms with E-state index < -0.39 is 0 Å². The second-order valence-corrected chi connectivity index (χ2v) is 5.46. The maximum Gasteiger partial charge on any atom is 0.0435 e. The Morgan fingerprint density at radius 2 is 1.93 bits per heavy atom. The van der Waals surface area contributed by atoms with E-state index >= 15 is 0 Å². The monoisotopic (exact) mass is 202 g/mol. The highest BCUT2D eigenvalue weighted by molar-refractivity contribution is 5.26. The SMILES string of the molecule is NC1(c2cccnc2)CC2(CCCC2)C1. The maximum atomic E-state index is 6.44. The fourth-order valence-corrected chi connectivity index (χ4v) is 3.63. The highest BCUT2D eigenvalue weighted by Crippen LogP contribution is 2.60. The molecule has 1 aromatic rings. The van der Waals surface area contributed by atoms with Crippen LogP contribution in [0.5, 0.6) is 0 Å². The molecule has 80 valence electrons. The van der Waals surface area contributed by atoms with Crippen LogP contribution in [0, 0.1) is 5.41 Å². The number of hydrogen-bond acceptors (Lipinski definition) is 2. The number of rotatable bonds is 1. The van der Waals surface area contributed by atoms with Crippen LogP contribution in [0.3, 0.4) is 0 Å². The molecule has 1 aromatic heterocycles. The van der Waals surface area contributed by atoms with Crippen molar-refractivity contribution in [2.45, 2.75) is 44.1 Å². The van der Waals surface area contributed by atoms with Crippen molar-refractivity contribution in [1.29, 1.82) is 0 Å². The van der Waals surface area contributed by atoms with E-state index in [4.69, 9.17) is 5.73 Å². The number of nitrogens with two attached hydrogens (primary N) is 1. The average molecular weight is 202 g/mol. The molecule has 2 nitrogen and oxygen atoms in total. The van der Waals surface area contributed by atoms with Crippen LogP contribution in [-0.2, 0) is 5.54 Å². The molecule has 0 unspecified atom stereocenters. The lowest BCUT2D eigenvalue weighted by Crippen LogP contribution is -2.54. The van der Waals surface area contributed by atoms with Crippen molar-refractivity contribution in [3.8, 4) is 0 Å². The van der Waals surface area contributed by atoms with Crippen LogP contribution in [0.25, 0.3) is 0 Å². The normalized spacial score (nSPS) is 26.5. The van der Waals surface area contributed by atoms with Crippen molar-refractivity contribution in [1.82, 2.24) is 4.98 Å². The van der Waals surface area contributed by atoms with E-state index in [0.29, 0.717) is 5.41 Å². The lowest BCUT2D eigenvalue weighted by molar-refractivity contribution is 0.0310. The van der Waals surface area contributed by atoms with Crippen LogP contribution in [-0.4, -0.2) is 4.98 Å². The van der Waals surface area contributed by atoms with Gasteiger partial charge in [0.25, 0.3) is 0 Å². The van der Waals surface area contributed by atoms with Gasteiger partial charge in [-0.2, -0.15) is 0 Å². The van der Waals surface area contributed by atoms with Gasteiger partial charge in [0.2, 0.25) is 0 Å². The zero-order valence-corrected chi connectivity index (χ0v) is 9.08. The van der Waals surface area contributed by atoms with Gasteiger partial charge in [-0.15, -0.1) is 0 Å². The molecule has 2 fully saturated rings. The van der Waals surface area contributed by atoms with E-state index in [-0.39, 0.29) is 5.54 Å². The predicted molar refractivity (Wildman–Crippen MR) is 60.2 cm³/mol. The molecule has 0 atom stereocenters. The Morgan fingerprint density at radius 3 is 2.53 bits per heavy atom. The Hall–Kier alpha value is -0.890. The van der Waals surface area contributed by atoms with Gasteiger partial charge in [0.1, 0.15) is 0 Å². The molecule has 0 amide bonds. The van der Waals surface area contributed by atoms with Crippen molar-refractivity contribution >= 4 is 0 Å². The van der Waals surface area contributed by atoms with Gasteiger partial charge in [-0.3, -0.25) is 4.98 Å². The van der Waals surface area contributed by atoms with Crippen LogP contribution in [0.4, 0.5) is 0 Å². The molecular weight excluding hydrogens is 184 g/mol. The Morgan fingerprint density at radius 1 is 1.20 bits per heavy atom. The third kappa shape index (κ3) is 1.39. The number of pyridine rings is 1. The predicted octanol–water partition coefficient (Wildman–Crippen LogP) is 2.59. The van der Waals surface area contributed by atoms with Crippen LogP contribution < -0.4 is 5.73 Å².